The normalized spacial score (nSPS) is 30.1. The molecule has 1 saturated carbocycles. The lowest BCUT2D eigenvalue weighted by Crippen LogP contribution is -2.47. The van der Waals surface area contributed by atoms with E-state index in [0.29, 0.717) is 30.0 Å². The van der Waals surface area contributed by atoms with Gasteiger partial charge in [-0.3, -0.25) is 14.6 Å². The van der Waals surface area contributed by atoms with E-state index >= 15 is 0 Å². The van der Waals surface area contributed by atoms with Crippen molar-refractivity contribution >= 4 is 5.91 Å². The maximum absolute atomic E-state index is 13.4. The Bertz CT molecular complexity index is 1600. The Morgan fingerprint density at radius 2 is 1.49 bits per heavy atom. The number of nitrogens with one attached hydrogen (secondary N) is 3. The van der Waals surface area contributed by atoms with E-state index in [1.807, 2.05) is 7.05 Å². The number of fused-ring (bicyclic) bond motifs is 5. The summed E-state index contributed by atoms with van der Waals surface area (Å²) < 4.78 is 0. The molecule has 252 valence electrons. The molecule has 3 aromatic rings. The van der Waals surface area contributed by atoms with Crippen LogP contribution in [0.2, 0.25) is 0 Å². The second kappa shape index (κ2) is 12.5. The van der Waals surface area contributed by atoms with Gasteiger partial charge in [-0.1, -0.05) is 26.0 Å². The maximum Gasteiger partial charge on any atom is 0.240 e. The van der Waals surface area contributed by atoms with Crippen LogP contribution in [0.15, 0.2) is 24.5 Å². The van der Waals surface area contributed by atoms with E-state index < -0.39 is 0 Å². The summed E-state index contributed by atoms with van der Waals surface area (Å²) in [6, 6.07) is 6.26. The first-order valence-corrected chi connectivity index (χ1v) is 18.5. The summed E-state index contributed by atoms with van der Waals surface area (Å²) in [7, 11) is 6.46. The molecule has 47 heavy (non-hydrogen) atoms. The third kappa shape index (κ3) is 5.28. The molecule has 3 N–H and O–H groups in total. The fourth-order valence-electron chi connectivity index (χ4n) is 10.2. The number of likely N-dealkylation sites (tertiary alicyclic amines) is 2. The monoisotopic (exact) mass is 638 g/mol. The SMILES string of the molecule is CN[C@H](C(=O)N1CCC[C@H]1c1ncc(C2CCC(c3ccc(-c4cnc(C5CCCN5C)[nH]4)c4c3C3CCC4N3C)CC2)[nH]1)C(C)C. The molecule has 2 bridgehead atoms. The Morgan fingerprint density at radius 3 is 2.21 bits per heavy atom. The molecule has 9 nitrogen and oxygen atoms in total. The van der Waals surface area contributed by atoms with Gasteiger partial charge in [-0.05, 0) is 120 Å². The Kier molecular flexibility index (Phi) is 8.29. The topological polar surface area (TPSA) is 96.2 Å². The molecular weight excluding hydrogens is 584 g/mol. The molecule has 6 heterocycles. The largest absolute Gasteiger partial charge is 0.344 e. The average molecular weight is 639 g/mol. The summed E-state index contributed by atoms with van der Waals surface area (Å²) in [5.74, 6) is 3.66. The quantitative estimate of drug-likeness (QED) is 0.253. The van der Waals surface area contributed by atoms with Gasteiger partial charge >= 0.3 is 0 Å². The van der Waals surface area contributed by atoms with Crippen molar-refractivity contribution in [3.8, 4) is 11.3 Å². The number of aromatic nitrogens is 4. The van der Waals surface area contributed by atoms with Crippen molar-refractivity contribution in [1.29, 1.82) is 0 Å². The van der Waals surface area contributed by atoms with Crippen LogP contribution in [0.3, 0.4) is 0 Å². The van der Waals surface area contributed by atoms with E-state index in [1.54, 1.807) is 16.7 Å². The van der Waals surface area contributed by atoms with Crippen LogP contribution >= 0.6 is 0 Å². The molecule has 1 amide bonds. The lowest BCUT2D eigenvalue weighted by atomic mass is 9.73. The van der Waals surface area contributed by atoms with Gasteiger partial charge in [0.1, 0.15) is 11.6 Å². The number of rotatable bonds is 8. The third-order valence-electron chi connectivity index (χ3n) is 12.7. The van der Waals surface area contributed by atoms with Crippen molar-refractivity contribution in [3.05, 3.63) is 58.6 Å². The fourth-order valence-corrected chi connectivity index (χ4v) is 10.2. The number of imidazole rings is 2. The Labute approximate surface area is 280 Å². The summed E-state index contributed by atoms with van der Waals surface area (Å²) >= 11 is 0. The Hall–Kier alpha value is -3.01. The van der Waals surface area contributed by atoms with Crippen molar-refractivity contribution in [3.63, 3.8) is 0 Å². The number of carbonyl (C=O) groups is 1. The molecule has 2 aromatic heterocycles. The average Bonchev–Trinajstić information content (AvgIpc) is 3.93. The Morgan fingerprint density at radius 1 is 0.809 bits per heavy atom. The zero-order valence-electron chi connectivity index (χ0n) is 29.1. The highest BCUT2D eigenvalue weighted by Crippen LogP contribution is 2.58. The summed E-state index contributed by atoms with van der Waals surface area (Å²) in [5.41, 5.74) is 8.63. The highest BCUT2D eigenvalue weighted by Gasteiger charge is 2.46. The number of amides is 1. The minimum Gasteiger partial charge on any atom is -0.344 e. The van der Waals surface area contributed by atoms with E-state index in [4.69, 9.17) is 9.97 Å². The second-order valence-corrected chi connectivity index (χ2v) is 15.6. The maximum atomic E-state index is 13.4. The molecular formula is C38H54N8O. The predicted molar refractivity (Wildman–Crippen MR) is 185 cm³/mol. The number of likely N-dealkylation sites (N-methyl/N-ethyl adjacent to an activating group) is 1. The standard InChI is InChI=1S/C38H54N8O/c1-22(2)35(39-3)38(47)46-19-7-9-32(46)37-40-20-27(42-37)24-12-10-23(11-13-24)25-14-15-26(34-30-17-16-29(33(25)34)45(30)5)28-21-41-36(43-28)31-8-6-18-44(31)4/h14-15,20-24,29-32,35,39H,6-13,16-19H2,1-5H3,(H,40,42)(H,41,43)/t23?,24?,29?,30?,31?,32-,35-/m0/s1. The summed E-state index contributed by atoms with van der Waals surface area (Å²) in [5, 5.41) is 3.24. The van der Waals surface area contributed by atoms with E-state index in [2.05, 4.69) is 82.5 Å². The fraction of sp³-hybridized carbons (Fsp3) is 0.658. The number of hydrogen-bond acceptors (Lipinski definition) is 6. The number of hydrogen-bond donors (Lipinski definition) is 3. The number of aromatic amines is 2. The molecule has 4 fully saturated rings. The van der Waals surface area contributed by atoms with Crippen LogP contribution in [-0.2, 0) is 4.79 Å². The van der Waals surface area contributed by atoms with Crippen LogP contribution in [-0.4, -0.2) is 80.8 Å². The van der Waals surface area contributed by atoms with Crippen LogP contribution in [0.25, 0.3) is 11.3 Å². The van der Waals surface area contributed by atoms with Crippen LogP contribution in [0.1, 0.15) is 148 Å². The van der Waals surface area contributed by atoms with Gasteiger partial charge < -0.3 is 20.2 Å². The van der Waals surface area contributed by atoms with Gasteiger partial charge in [-0.25, -0.2) is 9.97 Å². The highest BCUT2D eigenvalue weighted by molar-refractivity contribution is 5.82. The summed E-state index contributed by atoms with van der Waals surface area (Å²) in [6.07, 6.45) is 15.9. The first-order valence-electron chi connectivity index (χ1n) is 18.5. The molecule has 9 heteroatoms. The van der Waals surface area contributed by atoms with Crippen molar-refractivity contribution in [2.24, 2.45) is 5.92 Å². The molecule has 5 atom stereocenters. The number of benzene rings is 1. The number of nitrogens with zero attached hydrogens (tertiary/aromatic N) is 5. The number of carbonyl (C=O) groups excluding carboxylic acids is 1. The lowest BCUT2D eigenvalue weighted by molar-refractivity contribution is -0.135. The minimum atomic E-state index is -0.151. The van der Waals surface area contributed by atoms with Crippen molar-refractivity contribution < 1.29 is 4.79 Å². The zero-order valence-corrected chi connectivity index (χ0v) is 29.1. The van der Waals surface area contributed by atoms with Crippen molar-refractivity contribution in [1.82, 2.24) is 40.0 Å². The van der Waals surface area contributed by atoms with Gasteiger partial charge in [0.05, 0.1) is 30.0 Å². The van der Waals surface area contributed by atoms with Crippen LogP contribution in [0.5, 0.6) is 0 Å². The first-order chi connectivity index (χ1) is 22.8. The van der Waals surface area contributed by atoms with Gasteiger partial charge in [0.15, 0.2) is 0 Å². The molecule has 0 radical (unpaired) electrons. The van der Waals surface area contributed by atoms with Gasteiger partial charge in [0.2, 0.25) is 5.91 Å². The second-order valence-electron chi connectivity index (χ2n) is 15.6. The van der Waals surface area contributed by atoms with Crippen molar-refractivity contribution in [2.75, 3.05) is 34.2 Å². The molecule has 0 spiro atoms. The van der Waals surface area contributed by atoms with Gasteiger partial charge in [0, 0.05) is 42.0 Å². The first kappa shape index (κ1) is 31.3. The van der Waals surface area contributed by atoms with E-state index in [-0.39, 0.29) is 23.9 Å². The van der Waals surface area contributed by atoms with Crippen LogP contribution < -0.4 is 5.32 Å². The molecule has 8 rings (SSSR count). The minimum absolute atomic E-state index is 0.0562. The third-order valence-corrected chi connectivity index (χ3v) is 12.7. The smallest absolute Gasteiger partial charge is 0.240 e. The highest BCUT2D eigenvalue weighted by atomic mass is 16.2. The van der Waals surface area contributed by atoms with Gasteiger partial charge in [-0.15, -0.1) is 0 Å². The van der Waals surface area contributed by atoms with E-state index in [1.165, 1.54) is 68.3 Å². The lowest BCUT2D eigenvalue weighted by Gasteiger charge is -2.32. The molecule has 3 unspecified atom stereocenters. The van der Waals surface area contributed by atoms with E-state index in [0.717, 1.165) is 37.6 Å². The summed E-state index contributed by atoms with van der Waals surface area (Å²) in [6.45, 7) is 6.19. The Balaban J connectivity index is 0.990. The van der Waals surface area contributed by atoms with Crippen LogP contribution in [0.4, 0.5) is 0 Å². The number of H-pyrrole nitrogens is 2. The zero-order chi connectivity index (χ0) is 32.4. The molecule has 5 aliphatic rings. The molecule has 3 saturated heterocycles. The van der Waals surface area contributed by atoms with Crippen molar-refractivity contribution in [2.45, 2.75) is 120 Å². The molecule has 1 aromatic carbocycles. The predicted octanol–water partition coefficient (Wildman–Crippen LogP) is 6.74. The van der Waals surface area contributed by atoms with E-state index in [9.17, 15) is 4.79 Å². The van der Waals surface area contributed by atoms with Gasteiger partial charge in [0.25, 0.3) is 0 Å². The summed E-state index contributed by atoms with van der Waals surface area (Å²) in [4.78, 5) is 37.8. The molecule has 4 aliphatic heterocycles. The molecule has 1 aliphatic carbocycles. The van der Waals surface area contributed by atoms with Crippen LogP contribution in [0, 0.1) is 5.92 Å². The van der Waals surface area contributed by atoms with Gasteiger partial charge in [-0.2, -0.15) is 0 Å².